The van der Waals surface area contributed by atoms with E-state index in [1.54, 1.807) is 7.11 Å². The number of para-hydroxylation sites is 1. The summed E-state index contributed by atoms with van der Waals surface area (Å²) < 4.78 is 5.34. The number of hydrogen-bond acceptors (Lipinski definition) is 2. The third-order valence-corrected chi connectivity index (χ3v) is 3.42. The van der Waals surface area contributed by atoms with E-state index in [4.69, 9.17) is 4.74 Å². The molecule has 1 aromatic carbocycles. The predicted octanol–water partition coefficient (Wildman–Crippen LogP) is 4.02. The second-order valence-corrected chi connectivity index (χ2v) is 4.86. The molecule has 0 atom stereocenters. The van der Waals surface area contributed by atoms with Crippen molar-refractivity contribution < 1.29 is 21.8 Å². The Bertz CT molecular complexity index is 596. The average molecular weight is 343 g/mol. The zero-order chi connectivity index (χ0) is 15.2. The van der Waals surface area contributed by atoms with Crippen LogP contribution >= 0.6 is 0 Å². The fraction of sp³-hybridized carbons (Fsp3) is 0.0500. The number of ether oxygens (including phenoxy) is 1. The van der Waals surface area contributed by atoms with Crippen molar-refractivity contribution in [2.75, 3.05) is 7.11 Å². The Labute approximate surface area is 150 Å². The molecule has 2 nitrogen and oxygen atoms in total. The number of aromatic nitrogens is 1. The van der Waals surface area contributed by atoms with Crippen molar-refractivity contribution in [3.63, 3.8) is 0 Å². The third kappa shape index (κ3) is 4.71. The maximum Gasteiger partial charge on any atom is 2.00 e. The van der Waals surface area contributed by atoms with Crippen molar-refractivity contribution >= 4 is 10.9 Å². The first-order valence-electron chi connectivity index (χ1n) is 7.21. The molecule has 0 N–H and O–H groups in total. The summed E-state index contributed by atoms with van der Waals surface area (Å²) in [6.45, 7) is 0. The first-order valence-corrected chi connectivity index (χ1v) is 7.21. The minimum atomic E-state index is 0. The van der Waals surface area contributed by atoms with Crippen molar-refractivity contribution in [2.24, 2.45) is 0 Å². The molecule has 0 bridgehead atoms. The minimum Gasteiger partial charge on any atom is -0.494 e. The van der Waals surface area contributed by atoms with Gasteiger partial charge in [-0.25, -0.2) is 4.98 Å². The standard InChI is InChI=1S/C15H12NO.C5H5.Fe/c1-17-14-8-4-7-12-9-10-13(16-15(12)14)11-5-2-3-6-11;1-2-4-5-3-1;/h2-10H,1H3;1-5H;/q;;+2. The summed E-state index contributed by atoms with van der Waals surface area (Å²) in [6, 6.07) is 10.1. The van der Waals surface area contributed by atoms with Gasteiger partial charge in [-0.1, -0.05) is 18.2 Å². The Morgan fingerprint density at radius 3 is 2.04 bits per heavy atom. The molecule has 0 amide bonds. The van der Waals surface area contributed by atoms with Gasteiger partial charge in [-0.15, -0.1) is 0 Å². The molecule has 4 rings (SSSR count). The van der Waals surface area contributed by atoms with Crippen LogP contribution in [-0.4, -0.2) is 12.1 Å². The van der Waals surface area contributed by atoms with Crippen LogP contribution in [-0.2, 0) is 17.1 Å². The molecule has 2 aliphatic carbocycles. The van der Waals surface area contributed by atoms with Gasteiger partial charge in [0, 0.05) is 17.0 Å². The number of hydrogen-bond donors (Lipinski definition) is 0. The summed E-state index contributed by atoms with van der Waals surface area (Å²) >= 11 is 0. The molecule has 10 radical (unpaired) electrons. The first kappa shape index (κ1) is 18.3. The predicted molar refractivity (Wildman–Crippen MR) is 89.3 cm³/mol. The third-order valence-electron chi connectivity index (χ3n) is 3.42. The smallest absolute Gasteiger partial charge is 0.494 e. The summed E-state index contributed by atoms with van der Waals surface area (Å²) in [5.74, 6) is 1.95. The molecular formula is C20H17FeNO+2. The molecule has 0 spiro atoms. The number of fused-ring (bicyclic) bond motifs is 1. The zero-order valence-electron chi connectivity index (χ0n) is 12.8. The van der Waals surface area contributed by atoms with Crippen LogP contribution in [0.25, 0.3) is 10.9 Å². The number of rotatable bonds is 2. The van der Waals surface area contributed by atoms with E-state index >= 15 is 0 Å². The van der Waals surface area contributed by atoms with E-state index in [2.05, 4.69) is 23.9 Å². The van der Waals surface area contributed by atoms with Gasteiger partial charge in [0.15, 0.2) is 0 Å². The van der Waals surface area contributed by atoms with Gasteiger partial charge in [0.25, 0.3) is 0 Å². The maximum absolute atomic E-state index is 5.34. The molecule has 2 saturated carbocycles. The van der Waals surface area contributed by atoms with Crippen LogP contribution in [0.1, 0.15) is 5.69 Å². The maximum atomic E-state index is 5.34. The van der Waals surface area contributed by atoms with Crippen LogP contribution in [0, 0.1) is 63.7 Å². The second kappa shape index (κ2) is 9.30. The number of nitrogens with zero attached hydrogens (tertiary/aromatic N) is 1. The largest absolute Gasteiger partial charge is 2.00 e. The molecule has 0 aliphatic heterocycles. The molecule has 2 fully saturated rings. The molecule has 0 unspecified atom stereocenters. The topological polar surface area (TPSA) is 22.1 Å². The second-order valence-electron chi connectivity index (χ2n) is 4.86. The summed E-state index contributed by atoms with van der Waals surface area (Å²) in [6.07, 6.45) is 18.2. The summed E-state index contributed by atoms with van der Waals surface area (Å²) in [5, 5.41) is 1.10. The van der Waals surface area contributed by atoms with Gasteiger partial charge in [0.05, 0.1) is 7.11 Å². The Morgan fingerprint density at radius 2 is 1.43 bits per heavy atom. The van der Waals surface area contributed by atoms with Gasteiger partial charge in [-0.2, -0.15) is 0 Å². The Hall–Kier alpha value is -1.05. The van der Waals surface area contributed by atoms with Gasteiger partial charge in [-0.05, 0) is 69.9 Å². The van der Waals surface area contributed by atoms with Crippen molar-refractivity contribution in [2.45, 2.75) is 0 Å². The molecule has 1 heterocycles. The first-order chi connectivity index (χ1) is 10.9. The van der Waals surface area contributed by atoms with Gasteiger partial charge < -0.3 is 4.74 Å². The van der Waals surface area contributed by atoms with Crippen LogP contribution in [0.15, 0.2) is 30.3 Å². The van der Waals surface area contributed by atoms with Crippen molar-refractivity contribution in [1.29, 1.82) is 0 Å². The van der Waals surface area contributed by atoms with E-state index in [0.29, 0.717) is 0 Å². The number of methoxy groups -OCH3 is 1. The SMILES string of the molecule is COc1cccc2ccc([C]3[CH][CH][CH][CH]3)nc12.[CH]1[CH][CH][CH][CH]1.[Fe+2]. The molecular weight excluding hydrogens is 326 g/mol. The summed E-state index contributed by atoms with van der Waals surface area (Å²) in [7, 11) is 1.67. The fourth-order valence-electron chi connectivity index (χ4n) is 2.31. The van der Waals surface area contributed by atoms with Gasteiger partial charge >= 0.3 is 17.1 Å². The minimum absolute atomic E-state index is 0. The average Bonchev–Trinajstić information content (AvgIpc) is 3.29. The quantitative estimate of drug-likeness (QED) is 0.769. The van der Waals surface area contributed by atoms with Crippen molar-refractivity contribution in [3.05, 3.63) is 99.7 Å². The Kier molecular flexibility index (Phi) is 7.39. The monoisotopic (exact) mass is 343 g/mol. The molecule has 3 heteroatoms. The molecule has 114 valence electrons. The molecule has 2 aliphatic rings. The van der Waals surface area contributed by atoms with E-state index in [1.807, 2.05) is 69.2 Å². The van der Waals surface area contributed by atoms with Crippen LogP contribution in [0.2, 0.25) is 0 Å². The van der Waals surface area contributed by atoms with E-state index in [9.17, 15) is 0 Å². The summed E-state index contributed by atoms with van der Waals surface area (Å²) in [5.41, 5.74) is 1.89. The van der Waals surface area contributed by atoms with E-state index in [0.717, 1.165) is 28.3 Å². The molecule has 23 heavy (non-hydrogen) atoms. The van der Waals surface area contributed by atoms with Crippen LogP contribution in [0.3, 0.4) is 0 Å². The zero-order valence-corrected chi connectivity index (χ0v) is 13.9. The number of pyridine rings is 1. The van der Waals surface area contributed by atoms with Gasteiger partial charge in [-0.3, -0.25) is 0 Å². The van der Waals surface area contributed by atoms with Crippen LogP contribution in [0.5, 0.6) is 5.75 Å². The Morgan fingerprint density at radius 1 is 0.783 bits per heavy atom. The number of benzene rings is 1. The molecule has 1 aromatic heterocycles. The van der Waals surface area contributed by atoms with Crippen molar-refractivity contribution in [1.82, 2.24) is 4.98 Å². The van der Waals surface area contributed by atoms with E-state index in [-0.39, 0.29) is 17.1 Å². The molecule has 2 aromatic rings. The van der Waals surface area contributed by atoms with E-state index in [1.165, 1.54) is 0 Å². The van der Waals surface area contributed by atoms with E-state index < -0.39 is 0 Å². The fourth-order valence-corrected chi connectivity index (χ4v) is 2.31. The normalized spacial score (nSPS) is 17.4. The van der Waals surface area contributed by atoms with Crippen molar-refractivity contribution in [3.8, 4) is 5.75 Å². The summed E-state index contributed by atoms with van der Waals surface area (Å²) in [4.78, 5) is 4.66. The Balaban J connectivity index is 0.000000276. The van der Waals surface area contributed by atoms with Gasteiger partial charge in [0.2, 0.25) is 0 Å². The van der Waals surface area contributed by atoms with Gasteiger partial charge in [0.1, 0.15) is 11.3 Å². The van der Waals surface area contributed by atoms with Crippen LogP contribution < -0.4 is 4.74 Å². The van der Waals surface area contributed by atoms with Crippen LogP contribution in [0.4, 0.5) is 0 Å². The molecule has 0 saturated heterocycles.